The highest BCUT2D eigenvalue weighted by molar-refractivity contribution is 7.99. The van der Waals surface area contributed by atoms with Crippen molar-refractivity contribution in [2.45, 2.75) is 11.7 Å². The van der Waals surface area contributed by atoms with E-state index in [1.165, 1.54) is 11.8 Å². The second-order valence-corrected chi connectivity index (χ2v) is 7.73. The third-order valence-electron chi connectivity index (χ3n) is 4.47. The average Bonchev–Trinajstić information content (AvgIpc) is 3.21. The Kier molecular flexibility index (Phi) is 6.77. The van der Waals surface area contributed by atoms with Gasteiger partial charge in [-0.3, -0.25) is 9.36 Å². The molecule has 8 heteroatoms. The van der Waals surface area contributed by atoms with E-state index < -0.39 is 0 Å². The van der Waals surface area contributed by atoms with Crippen LogP contribution in [0.15, 0.2) is 60.0 Å². The molecule has 0 aliphatic heterocycles. The molecule has 3 aromatic rings. The van der Waals surface area contributed by atoms with E-state index in [1.807, 2.05) is 67.0 Å². The summed E-state index contributed by atoms with van der Waals surface area (Å²) in [6.45, 7) is 0.565. The zero-order valence-electron chi connectivity index (χ0n) is 17.1. The summed E-state index contributed by atoms with van der Waals surface area (Å²) in [7, 11) is 7.46. The number of carbonyl (C=O) groups excluding carboxylic acids is 1. The van der Waals surface area contributed by atoms with Gasteiger partial charge in [-0.15, -0.1) is 10.2 Å². The highest BCUT2D eigenvalue weighted by atomic mass is 32.2. The van der Waals surface area contributed by atoms with E-state index in [2.05, 4.69) is 22.3 Å². The van der Waals surface area contributed by atoms with Crippen LogP contribution >= 0.6 is 11.8 Å². The lowest BCUT2D eigenvalue weighted by Gasteiger charge is -2.18. The number of rotatable bonds is 8. The van der Waals surface area contributed by atoms with Crippen LogP contribution in [0.3, 0.4) is 0 Å². The molecule has 0 saturated carbocycles. The number of methoxy groups -OCH3 is 1. The monoisotopic (exact) mass is 411 g/mol. The van der Waals surface area contributed by atoms with Crippen LogP contribution in [-0.2, 0) is 11.3 Å². The third-order valence-corrected chi connectivity index (χ3v) is 5.40. The molecule has 1 amide bonds. The Morgan fingerprint density at radius 1 is 1.14 bits per heavy atom. The number of hydrogen-bond acceptors (Lipinski definition) is 6. The van der Waals surface area contributed by atoms with Gasteiger partial charge in [0.05, 0.1) is 18.6 Å². The minimum absolute atomic E-state index is 0.0341. The van der Waals surface area contributed by atoms with E-state index in [1.54, 1.807) is 18.3 Å². The van der Waals surface area contributed by atoms with Crippen molar-refractivity contribution in [3.63, 3.8) is 0 Å². The van der Waals surface area contributed by atoms with Crippen LogP contribution in [0.5, 0.6) is 5.75 Å². The van der Waals surface area contributed by atoms with Crippen LogP contribution in [-0.4, -0.2) is 59.6 Å². The van der Waals surface area contributed by atoms with Gasteiger partial charge >= 0.3 is 0 Å². The minimum atomic E-state index is 0.0341. The maximum atomic E-state index is 12.6. The molecule has 1 aromatic heterocycles. The van der Waals surface area contributed by atoms with Gasteiger partial charge in [-0.05, 0) is 29.8 Å². The van der Waals surface area contributed by atoms with Crippen LogP contribution in [0, 0.1) is 0 Å². The van der Waals surface area contributed by atoms with Crippen LogP contribution in [0.1, 0.15) is 5.56 Å². The van der Waals surface area contributed by atoms with Gasteiger partial charge in [-0.1, -0.05) is 30.0 Å². The van der Waals surface area contributed by atoms with E-state index in [-0.39, 0.29) is 11.7 Å². The molecule has 0 unspecified atom stereocenters. The Hall–Kier alpha value is -3.00. The van der Waals surface area contributed by atoms with Crippen molar-refractivity contribution in [1.82, 2.24) is 19.7 Å². The van der Waals surface area contributed by atoms with Gasteiger partial charge in [0.15, 0.2) is 5.16 Å². The summed E-state index contributed by atoms with van der Waals surface area (Å²) in [6, 6.07) is 15.8. The first-order chi connectivity index (χ1) is 14.0. The standard InChI is InChI=1S/C21H25N5O2S/c1-24(2)17-10-8-16(9-11-17)13-25(3)20(27)14-29-21-23-22-15-26(21)18-6-5-7-19(12-18)28-4/h5-12,15H,13-14H2,1-4H3. The normalized spacial score (nSPS) is 10.6. The maximum absolute atomic E-state index is 12.6. The van der Waals surface area contributed by atoms with Gasteiger partial charge in [0.25, 0.3) is 0 Å². The van der Waals surface area contributed by atoms with E-state index in [9.17, 15) is 4.79 Å². The molecular formula is C21H25N5O2S. The SMILES string of the molecule is COc1cccc(-n2cnnc2SCC(=O)N(C)Cc2ccc(N(C)C)cc2)c1. The smallest absolute Gasteiger partial charge is 0.233 e. The Morgan fingerprint density at radius 3 is 2.59 bits per heavy atom. The second kappa shape index (κ2) is 9.47. The van der Waals surface area contributed by atoms with Crippen LogP contribution in [0.25, 0.3) is 5.69 Å². The summed E-state index contributed by atoms with van der Waals surface area (Å²) < 4.78 is 7.12. The summed E-state index contributed by atoms with van der Waals surface area (Å²) in [5.41, 5.74) is 3.12. The lowest BCUT2D eigenvalue weighted by atomic mass is 10.2. The summed E-state index contributed by atoms with van der Waals surface area (Å²) in [6.07, 6.45) is 1.64. The molecule has 0 N–H and O–H groups in total. The fourth-order valence-electron chi connectivity index (χ4n) is 2.76. The molecule has 0 spiro atoms. The molecule has 0 radical (unpaired) electrons. The predicted molar refractivity (Wildman–Crippen MR) is 116 cm³/mol. The molecular weight excluding hydrogens is 386 g/mol. The quantitative estimate of drug-likeness (QED) is 0.531. The van der Waals surface area contributed by atoms with Gasteiger partial charge in [0.1, 0.15) is 12.1 Å². The summed E-state index contributed by atoms with van der Waals surface area (Å²) in [5.74, 6) is 1.07. The van der Waals surface area contributed by atoms with Crippen LogP contribution in [0.4, 0.5) is 5.69 Å². The van der Waals surface area contributed by atoms with E-state index in [4.69, 9.17) is 4.74 Å². The Bertz CT molecular complexity index is 956. The van der Waals surface area contributed by atoms with E-state index in [0.717, 1.165) is 22.7 Å². The van der Waals surface area contributed by atoms with Crippen molar-refractivity contribution >= 4 is 23.4 Å². The fraction of sp³-hybridized carbons (Fsp3) is 0.286. The van der Waals surface area contributed by atoms with Crippen LogP contribution < -0.4 is 9.64 Å². The molecule has 1 heterocycles. The number of hydrogen-bond donors (Lipinski definition) is 0. The molecule has 0 saturated heterocycles. The molecule has 0 fully saturated rings. The van der Waals surface area contributed by atoms with E-state index >= 15 is 0 Å². The van der Waals surface area contributed by atoms with Gasteiger partial charge in [-0.2, -0.15) is 0 Å². The zero-order chi connectivity index (χ0) is 20.8. The topological polar surface area (TPSA) is 63.5 Å². The van der Waals surface area contributed by atoms with E-state index in [0.29, 0.717) is 11.7 Å². The number of nitrogens with zero attached hydrogens (tertiary/aromatic N) is 5. The molecule has 3 rings (SSSR count). The fourth-order valence-corrected chi connectivity index (χ4v) is 3.63. The summed E-state index contributed by atoms with van der Waals surface area (Å²) in [5, 5.41) is 8.80. The van der Waals surface area contributed by atoms with Gasteiger partial charge in [0.2, 0.25) is 5.91 Å². The highest BCUT2D eigenvalue weighted by Gasteiger charge is 2.14. The first kappa shape index (κ1) is 20.7. The number of thioether (sulfide) groups is 1. The first-order valence-electron chi connectivity index (χ1n) is 9.15. The second-order valence-electron chi connectivity index (χ2n) is 6.78. The van der Waals surface area contributed by atoms with Crippen molar-refractivity contribution in [3.05, 3.63) is 60.4 Å². The highest BCUT2D eigenvalue weighted by Crippen LogP contribution is 2.23. The number of anilines is 1. The molecule has 7 nitrogen and oxygen atoms in total. The minimum Gasteiger partial charge on any atom is -0.497 e. The summed E-state index contributed by atoms with van der Waals surface area (Å²) in [4.78, 5) is 16.4. The molecule has 0 bridgehead atoms. The zero-order valence-corrected chi connectivity index (χ0v) is 17.9. The van der Waals surface area contributed by atoms with Gasteiger partial charge in [-0.25, -0.2) is 0 Å². The molecule has 152 valence electrons. The lowest BCUT2D eigenvalue weighted by Crippen LogP contribution is -2.27. The van der Waals surface area contributed by atoms with Crippen molar-refractivity contribution in [2.75, 3.05) is 38.9 Å². The third kappa shape index (κ3) is 5.29. The number of ether oxygens (including phenoxy) is 1. The first-order valence-corrected chi connectivity index (χ1v) is 10.1. The lowest BCUT2D eigenvalue weighted by molar-refractivity contribution is -0.127. The maximum Gasteiger partial charge on any atom is 0.233 e. The number of amides is 1. The molecule has 0 atom stereocenters. The number of aromatic nitrogens is 3. The van der Waals surface area contributed by atoms with Crippen molar-refractivity contribution < 1.29 is 9.53 Å². The Labute approximate surface area is 175 Å². The summed E-state index contributed by atoms with van der Waals surface area (Å²) >= 11 is 1.37. The molecule has 29 heavy (non-hydrogen) atoms. The van der Waals surface area contributed by atoms with Crippen molar-refractivity contribution in [1.29, 1.82) is 0 Å². The number of benzene rings is 2. The predicted octanol–water partition coefficient (Wildman–Crippen LogP) is 3.09. The van der Waals surface area contributed by atoms with Gasteiger partial charge < -0.3 is 14.5 Å². The average molecular weight is 412 g/mol. The van der Waals surface area contributed by atoms with Gasteiger partial charge in [0, 0.05) is 39.4 Å². The van der Waals surface area contributed by atoms with Crippen molar-refractivity contribution in [3.8, 4) is 11.4 Å². The van der Waals surface area contributed by atoms with Crippen molar-refractivity contribution in [2.24, 2.45) is 0 Å². The molecule has 2 aromatic carbocycles. The Morgan fingerprint density at radius 2 is 1.90 bits per heavy atom. The molecule has 0 aliphatic rings. The number of carbonyl (C=O) groups is 1. The molecule has 0 aliphatic carbocycles. The Balaban J connectivity index is 1.60. The largest absolute Gasteiger partial charge is 0.497 e. The van der Waals surface area contributed by atoms with Crippen LogP contribution in [0.2, 0.25) is 0 Å².